The van der Waals surface area contributed by atoms with Gasteiger partial charge in [0.1, 0.15) is 24.0 Å². The van der Waals surface area contributed by atoms with Crippen LogP contribution in [0.1, 0.15) is 78.7 Å². The molecule has 0 bridgehead atoms. The summed E-state index contributed by atoms with van der Waals surface area (Å²) in [4.78, 5) is 17.1. The van der Waals surface area contributed by atoms with Gasteiger partial charge < -0.3 is 14.5 Å². The first-order chi connectivity index (χ1) is 18.4. The summed E-state index contributed by atoms with van der Waals surface area (Å²) < 4.78 is 6.16. The van der Waals surface area contributed by atoms with E-state index in [1.165, 1.54) is 4.90 Å². The summed E-state index contributed by atoms with van der Waals surface area (Å²) in [6.07, 6.45) is 9.30. The highest BCUT2D eigenvalue weighted by Gasteiger charge is 2.36. The summed E-state index contributed by atoms with van der Waals surface area (Å²) in [6, 6.07) is 11.8. The van der Waals surface area contributed by atoms with Gasteiger partial charge in [0.15, 0.2) is 5.57 Å². The van der Waals surface area contributed by atoms with Crippen molar-refractivity contribution in [2.45, 2.75) is 79.2 Å². The maximum absolute atomic E-state index is 13.3. The zero-order valence-electron chi connectivity index (χ0n) is 23.4. The van der Waals surface area contributed by atoms with Crippen LogP contribution in [0.5, 0.6) is 5.75 Å². The number of carbonyl (C=O) groups is 1. The van der Waals surface area contributed by atoms with E-state index in [2.05, 4.69) is 30.9 Å². The second-order valence-corrected chi connectivity index (χ2v) is 9.57. The van der Waals surface area contributed by atoms with Crippen molar-refractivity contribution in [3.8, 4) is 24.0 Å². The van der Waals surface area contributed by atoms with Crippen LogP contribution in [-0.2, 0) is 4.79 Å². The fourth-order valence-electron chi connectivity index (χ4n) is 4.26. The molecule has 1 aromatic carbocycles. The van der Waals surface area contributed by atoms with Gasteiger partial charge in [-0.2, -0.15) is 15.8 Å². The van der Waals surface area contributed by atoms with Gasteiger partial charge in [-0.15, -0.1) is 0 Å². The topological polar surface area (TPSA) is 104 Å². The van der Waals surface area contributed by atoms with Crippen LogP contribution in [0.4, 0.5) is 5.69 Å². The fourth-order valence-corrected chi connectivity index (χ4v) is 4.26. The lowest BCUT2D eigenvalue weighted by atomic mass is 10.0. The van der Waals surface area contributed by atoms with E-state index >= 15 is 0 Å². The highest BCUT2D eigenvalue weighted by Crippen LogP contribution is 2.34. The van der Waals surface area contributed by atoms with Crippen LogP contribution in [-0.4, -0.2) is 36.5 Å². The van der Waals surface area contributed by atoms with Gasteiger partial charge in [0, 0.05) is 37.0 Å². The number of hydrogen-bond donors (Lipinski definition) is 0. The summed E-state index contributed by atoms with van der Waals surface area (Å²) in [6.45, 7) is 12.6. The van der Waals surface area contributed by atoms with Crippen LogP contribution in [0.25, 0.3) is 6.08 Å². The number of allylic oxidation sites excluding steroid dienone is 2. The van der Waals surface area contributed by atoms with Crippen molar-refractivity contribution < 1.29 is 9.53 Å². The van der Waals surface area contributed by atoms with E-state index in [0.717, 1.165) is 56.4 Å². The van der Waals surface area contributed by atoms with Crippen molar-refractivity contribution in [1.29, 1.82) is 15.8 Å². The third kappa shape index (κ3) is 7.50. The summed E-state index contributed by atoms with van der Waals surface area (Å²) in [5.41, 5.74) is 1.97. The third-order valence-electron chi connectivity index (χ3n) is 6.28. The second kappa shape index (κ2) is 15.3. The number of carbonyl (C=O) groups excluding carboxylic acids is 1. The Bertz CT molecular complexity index is 1180. The molecule has 0 fully saturated rings. The molecule has 0 N–H and O–H groups in total. The molecule has 200 valence electrons. The quantitative estimate of drug-likeness (QED) is 0.258. The van der Waals surface area contributed by atoms with Crippen LogP contribution >= 0.6 is 0 Å². The molecular formula is C31H39N5O2. The molecule has 2 rings (SSSR count). The maximum atomic E-state index is 13.3. The molecule has 1 aliphatic heterocycles. The lowest BCUT2D eigenvalue weighted by molar-refractivity contribution is -0.124. The summed E-state index contributed by atoms with van der Waals surface area (Å²) in [5, 5.41) is 28.9. The molecule has 0 saturated carbocycles. The van der Waals surface area contributed by atoms with Crippen LogP contribution in [0, 0.1) is 34.0 Å². The smallest absolute Gasteiger partial charge is 0.259 e. The molecule has 0 aromatic heterocycles. The van der Waals surface area contributed by atoms with Gasteiger partial charge >= 0.3 is 0 Å². The number of anilines is 1. The molecule has 0 aliphatic carbocycles. The van der Waals surface area contributed by atoms with Crippen LogP contribution in [0.3, 0.4) is 0 Å². The van der Waals surface area contributed by atoms with Crippen molar-refractivity contribution in [1.82, 2.24) is 4.90 Å². The molecule has 0 saturated heterocycles. The highest BCUT2D eigenvalue weighted by atomic mass is 16.5. The molecule has 0 spiro atoms. The molecule has 0 radical (unpaired) electrons. The van der Waals surface area contributed by atoms with Crippen LogP contribution < -0.4 is 9.64 Å². The van der Waals surface area contributed by atoms with E-state index < -0.39 is 0 Å². The molecule has 7 heteroatoms. The standard InChI is InChI=1S/C31H39N5O2/c1-6-9-16-35(17-10-7-2)26-14-12-24(29(19-26)38-23(4)5)13-15-27-28(22-34)30(25(20-32)21-33)36(31(27)37)18-11-8-3/h12-15,19,23H,6-11,16-18H2,1-5H3/b15-13+. The molecule has 1 amide bonds. The summed E-state index contributed by atoms with van der Waals surface area (Å²) in [5.74, 6) is 0.321. The summed E-state index contributed by atoms with van der Waals surface area (Å²) >= 11 is 0. The lowest BCUT2D eigenvalue weighted by Crippen LogP contribution is -2.27. The zero-order valence-corrected chi connectivity index (χ0v) is 23.4. The predicted octanol–water partition coefficient (Wildman–Crippen LogP) is 6.66. The Labute approximate surface area is 227 Å². The first kappa shape index (κ1) is 30.2. The van der Waals surface area contributed by atoms with E-state index in [1.807, 2.05) is 45.0 Å². The molecule has 38 heavy (non-hydrogen) atoms. The third-order valence-corrected chi connectivity index (χ3v) is 6.28. The monoisotopic (exact) mass is 513 g/mol. The van der Waals surface area contributed by atoms with E-state index in [0.29, 0.717) is 18.7 Å². The van der Waals surface area contributed by atoms with Crippen molar-refractivity contribution in [2.24, 2.45) is 0 Å². The normalized spacial score (nSPS) is 13.2. The molecule has 1 aliphatic rings. The van der Waals surface area contributed by atoms with Gasteiger partial charge in [0.2, 0.25) is 0 Å². The average molecular weight is 514 g/mol. The van der Waals surface area contributed by atoms with Gasteiger partial charge in [-0.25, -0.2) is 0 Å². The molecule has 7 nitrogen and oxygen atoms in total. The highest BCUT2D eigenvalue weighted by molar-refractivity contribution is 6.05. The Balaban J connectivity index is 2.56. The fraction of sp³-hybridized carbons (Fsp3) is 0.484. The number of ether oxygens (including phenoxy) is 1. The van der Waals surface area contributed by atoms with E-state index in [-0.39, 0.29) is 34.4 Å². The lowest BCUT2D eigenvalue weighted by Gasteiger charge is -2.26. The van der Waals surface area contributed by atoms with Crippen molar-refractivity contribution in [3.05, 3.63) is 52.3 Å². The average Bonchev–Trinajstić information content (AvgIpc) is 3.17. The Morgan fingerprint density at radius 2 is 1.63 bits per heavy atom. The molecule has 0 atom stereocenters. The van der Waals surface area contributed by atoms with E-state index in [4.69, 9.17) is 4.74 Å². The first-order valence-electron chi connectivity index (χ1n) is 13.6. The SMILES string of the molecule is CCCCN1C(=O)C(/C=C/c2ccc(N(CCCC)CCCC)cc2OC(C)C)=C(C#N)C1=C(C#N)C#N. The molecule has 0 unspecified atom stereocenters. The maximum Gasteiger partial charge on any atom is 0.259 e. The van der Waals surface area contributed by atoms with Crippen LogP contribution in [0.2, 0.25) is 0 Å². The molecule has 1 aromatic rings. The van der Waals surface area contributed by atoms with Crippen molar-refractivity contribution in [3.63, 3.8) is 0 Å². The second-order valence-electron chi connectivity index (χ2n) is 9.57. The number of unbranched alkanes of at least 4 members (excludes halogenated alkanes) is 3. The Morgan fingerprint density at radius 1 is 1.00 bits per heavy atom. The number of rotatable bonds is 14. The van der Waals surface area contributed by atoms with Gasteiger partial charge in [0.25, 0.3) is 5.91 Å². The number of nitrogens with zero attached hydrogens (tertiary/aromatic N) is 5. The molecular weight excluding hydrogens is 474 g/mol. The minimum Gasteiger partial charge on any atom is -0.490 e. The zero-order chi connectivity index (χ0) is 28.1. The number of nitriles is 3. The Kier molecular flexibility index (Phi) is 12.1. The first-order valence-corrected chi connectivity index (χ1v) is 13.6. The summed E-state index contributed by atoms with van der Waals surface area (Å²) in [7, 11) is 0. The van der Waals surface area contributed by atoms with Gasteiger partial charge in [-0.3, -0.25) is 4.79 Å². The van der Waals surface area contributed by atoms with Gasteiger partial charge in [0.05, 0.1) is 22.9 Å². The van der Waals surface area contributed by atoms with Gasteiger partial charge in [-0.1, -0.05) is 46.1 Å². The van der Waals surface area contributed by atoms with E-state index in [1.54, 1.807) is 12.2 Å². The van der Waals surface area contributed by atoms with Gasteiger partial charge in [-0.05, 0) is 51.3 Å². The number of benzene rings is 1. The Morgan fingerprint density at radius 3 is 2.16 bits per heavy atom. The predicted molar refractivity (Wildman–Crippen MR) is 151 cm³/mol. The van der Waals surface area contributed by atoms with Crippen molar-refractivity contribution in [2.75, 3.05) is 24.5 Å². The number of hydrogen-bond acceptors (Lipinski definition) is 6. The minimum atomic E-state index is -0.377. The molecule has 1 heterocycles. The minimum absolute atomic E-state index is 0.0491. The largest absolute Gasteiger partial charge is 0.490 e. The Hall–Kier alpha value is -4.02. The van der Waals surface area contributed by atoms with Crippen molar-refractivity contribution >= 4 is 17.7 Å². The van der Waals surface area contributed by atoms with E-state index in [9.17, 15) is 20.6 Å². The van der Waals surface area contributed by atoms with Crippen LogP contribution in [0.15, 0.2) is 46.7 Å². The number of amides is 1.